The third-order valence-corrected chi connectivity index (χ3v) is 3.78. The Bertz CT molecular complexity index is 1030. The van der Waals surface area contributed by atoms with E-state index in [2.05, 4.69) is 10.1 Å². The average molecular weight is 357 g/mol. The van der Waals surface area contributed by atoms with E-state index in [4.69, 9.17) is 9.57 Å². The molecule has 0 amide bonds. The zero-order valence-electron chi connectivity index (χ0n) is 14.5. The van der Waals surface area contributed by atoms with Crippen LogP contribution < -0.4 is 4.74 Å². The molecule has 1 aromatic heterocycles. The molecule has 0 atom stereocenters. The number of aromatic nitrogens is 2. The van der Waals surface area contributed by atoms with E-state index in [0.29, 0.717) is 17.1 Å². The summed E-state index contributed by atoms with van der Waals surface area (Å²) in [4.78, 5) is 9.56. The maximum Gasteiger partial charge on any atom is 0.177 e. The van der Waals surface area contributed by atoms with Crippen molar-refractivity contribution in [1.29, 1.82) is 10.5 Å². The Morgan fingerprint density at radius 1 is 1.07 bits per heavy atom. The number of oxime groups is 1. The molecule has 0 saturated carbocycles. The van der Waals surface area contributed by atoms with Crippen LogP contribution in [0.3, 0.4) is 0 Å². The smallest absolute Gasteiger partial charge is 0.177 e. The van der Waals surface area contributed by atoms with Gasteiger partial charge < -0.3 is 9.57 Å². The van der Waals surface area contributed by atoms with Crippen LogP contribution in [-0.2, 0) is 11.4 Å². The maximum atomic E-state index is 9.42. The summed E-state index contributed by atoms with van der Waals surface area (Å²) in [7, 11) is 1.58. The van der Waals surface area contributed by atoms with E-state index in [-0.39, 0.29) is 18.0 Å². The highest BCUT2D eigenvalue weighted by Gasteiger charge is 2.17. The van der Waals surface area contributed by atoms with Gasteiger partial charge in [-0.25, -0.2) is 4.98 Å². The first-order chi connectivity index (χ1) is 13.3. The van der Waals surface area contributed by atoms with Gasteiger partial charge in [0.05, 0.1) is 7.11 Å². The number of benzene rings is 2. The zero-order valence-corrected chi connectivity index (χ0v) is 14.5. The van der Waals surface area contributed by atoms with Gasteiger partial charge in [-0.2, -0.15) is 10.5 Å². The predicted molar refractivity (Wildman–Crippen MR) is 98.8 cm³/mol. The number of ether oxygens (including phenoxy) is 1. The molecule has 0 radical (unpaired) electrons. The fourth-order valence-corrected chi connectivity index (χ4v) is 2.44. The highest BCUT2D eigenvalue weighted by Crippen LogP contribution is 2.23. The topological polar surface area (TPSA) is 96.2 Å². The van der Waals surface area contributed by atoms with Gasteiger partial charge >= 0.3 is 0 Å². The molecule has 0 aliphatic carbocycles. The number of rotatable bonds is 6. The predicted octanol–water partition coefficient (Wildman–Crippen LogP) is 3.31. The molecule has 0 N–H and O–H groups in total. The lowest BCUT2D eigenvalue weighted by Gasteiger charge is -2.05. The van der Waals surface area contributed by atoms with Gasteiger partial charge in [0.25, 0.3) is 0 Å². The molecule has 0 aliphatic rings. The largest absolute Gasteiger partial charge is 0.497 e. The minimum atomic E-state index is 0.0258. The number of imidazole rings is 1. The Balaban J connectivity index is 1.90. The van der Waals surface area contributed by atoms with Crippen LogP contribution in [0, 0.1) is 22.7 Å². The third kappa shape index (κ3) is 3.94. The second-order valence-electron chi connectivity index (χ2n) is 5.43. The van der Waals surface area contributed by atoms with E-state index in [0.717, 1.165) is 5.56 Å². The minimum Gasteiger partial charge on any atom is -0.497 e. The van der Waals surface area contributed by atoms with Crippen molar-refractivity contribution in [3.63, 3.8) is 0 Å². The summed E-state index contributed by atoms with van der Waals surface area (Å²) in [5, 5.41) is 22.6. The molecule has 2 aromatic carbocycles. The molecule has 1 heterocycles. The van der Waals surface area contributed by atoms with Crippen LogP contribution in [-0.4, -0.2) is 23.0 Å². The third-order valence-electron chi connectivity index (χ3n) is 3.78. The molecule has 0 saturated heterocycles. The fourth-order valence-electron chi connectivity index (χ4n) is 2.44. The van der Waals surface area contributed by atoms with Gasteiger partial charge in [0.2, 0.25) is 0 Å². The van der Waals surface area contributed by atoms with Crippen molar-refractivity contribution >= 4 is 6.34 Å². The summed E-state index contributed by atoms with van der Waals surface area (Å²) < 4.78 is 6.59. The van der Waals surface area contributed by atoms with Gasteiger partial charge in [-0.05, 0) is 29.8 Å². The van der Waals surface area contributed by atoms with Gasteiger partial charge in [0.1, 0.15) is 36.7 Å². The van der Waals surface area contributed by atoms with Gasteiger partial charge in [-0.3, -0.25) is 4.57 Å². The first-order valence-corrected chi connectivity index (χ1v) is 8.03. The first-order valence-electron chi connectivity index (χ1n) is 8.03. The molecule has 7 nitrogen and oxygen atoms in total. The normalized spacial score (nSPS) is 10.3. The first kappa shape index (κ1) is 17.7. The fraction of sp³-hybridized carbons (Fsp3) is 0.100. The minimum absolute atomic E-state index is 0.0258. The molecule has 3 rings (SSSR count). The van der Waals surface area contributed by atoms with Crippen molar-refractivity contribution in [2.45, 2.75) is 6.61 Å². The lowest BCUT2D eigenvalue weighted by atomic mass is 10.2. The lowest BCUT2D eigenvalue weighted by Crippen LogP contribution is -2.03. The Kier molecular flexibility index (Phi) is 5.46. The van der Waals surface area contributed by atoms with Crippen LogP contribution in [0.2, 0.25) is 0 Å². The van der Waals surface area contributed by atoms with E-state index >= 15 is 0 Å². The van der Waals surface area contributed by atoms with Crippen LogP contribution in [0.25, 0.3) is 11.4 Å². The molecular weight excluding hydrogens is 342 g/mol. The van der Waals surface area contributed by atoms with Crippen molar-refractivity contribution in [2.24, 2.45) is 5.16 Å². The van der Waals surface area contributed by atoms with Crippen molar-refractivity contribution in [2.75, 3.05) is 7.11 Å². The molecule has 0 spiro atoms. The van der Waals surface area contributed by atoms with Gasteiger partial charge in [0.15, 0.2) is 11.4 Å². The molecule has 0 unspecified atom stereocenters. The Hall–Kier alpha value is -4.10. The number of nitrogens with zero attached hydrogens (tertiary/aromatic N) is 5. The molecule has 7 heteroatoms. The summed E-state index contributed by atoms with van der Waals surface area (Å²) in [5.41, 5.74) is 1.80. The van der Waals surface area contributed by atoms with Crippen molar-refractivity contribution in [1.82, 2.24) is 9.55 Å². The quantitative estimate of drug-likeness (QED) is 0.383. The average Bonchev–Trinajstić information content (AvgIpc) is 3.09. The van der Waals surface area contributed by atoms with E-state index in [9.17, 15) is 10.5 Å². The highest BCUT2D eigenvalue weighted by atomic mass is 16.6. The van der Waals surface area contributed by atoms with E-state index in [1.54, 1.807) is 31.4 Å². The summed E-state index contributed by atoms with van der Waals surface area (Å²) in [5.74, 6) is 1.11. The van der Waals surface area contributed by atoms with E-state index in [1.807, 2.05) is 42.5 Å². The standard InChI is InChI=1S/C20H15N5O2/c1-26-17-9-7-16(8-10-17)20-24-18(11-21)19(12-22)25(20)14-23-27-13-15-5-3-2-4-6-15/h2-10,14H,13H2,1H3/b23-14+. The van der Waals surface area contributed by atoms with Gasteiger partial charge in [0, 0.05) is 5.56 Å². The summed E-state index contributed by atoms with van der Waals surface area (Å²) >= 11 is 0. The summed E-state index contributed by atoms with van der Waals surface area (Å²) in [6.45, 7) is 0.289. The van der Waals surface area contributed by atoms with E-state index < -0.39 is 0 Å². The van der Waals surface area contributed by atoms with Gasteiger partial charge in [-0.1, -0.05) is 35.5 Å². The number of methoxy groups -OCH3 is 1. The molecule has 132 valence electrons. The number of nitriles is 2. The Morgan fingerprint density at radius 3 is 2.44 bits per heavy atom. The molecule has 0 bridgehead atoms. The molecule has 0 fully saturated rings. The van der Waals surface area contributed by atoms with Crippen LogP contribution in [0.5, 0.6) is 5.75 Å². The molecule has 0 aliphatic heterocycles. The second-order valence-corrected chi connectivity index (χ2v) is 5.43. The van der Waals surface area contributed by atoms with Crippen molar-refractivity contribution < 1.29 is 9.57 Å². The SMILES string of the molecule is COc1ccc(-c2nc(C#N)c(C#N)n2/C=N/OCc2ccccc2)cc1. The van der Waals surface area contributed by atoms with Crippen molar-refractivity contribution in [3.8, 4) is 29.3 Å². The van der Waals surface area contributed by atoms with Gasteiger partial charge in [-0.15, -0.1) is 0 Å². The maximum absolute atomic E-state index is 9.42. The number of hydrogen-bond acceptors (Lipinski definition) is 6. The Morgan fingerprint density at radius 2 is 1.81 bits per heavy atom. The highest BCUT2D eigenvalue weighted by molar-refractivity contribution is 5.73. The van der Waals surface area contributed by atoms with Crippen LogP contribution in [0.15, 0.2) is 59.8 Å². The van der Waals surface area contributed by atoms with Crippen LogP contribution in [0.1, 0.15) is 17.0 Å². The van der Waals surface area contributed by atoms with Crippen molar-refractivity contribution in [3.05, 3.63) is 71.5 Å². The molecular formula is C20H15N5O2. The monoisotopic (exact) mass is 357 g/mol. The zero-order chi connectivity index (χ0) is 19.1. The van der Waals surface area contributed by atoms with E-state index in [1.165, 1.54) is 10.9 Å². The number of hydrogen-bond donors (Lipinski definition) is 0. The second kappa shape index (κ2) is 8.32. The Labute approximate surface area is 156 Å². The summed E-state index contributed by atoms with van der Waals surface area (Å²) in [6.07, 6.45) is 1.34. The molecule has 3 aromatic rings. The van der Waals surface area contributed by atoms with Crippen LogP contribution >= 0.6 is 0 Å². The van der Waals surface area contributed by atoms with Crippen LogP contribution in [0.4, 0.5) is 0 Å². The molecule has 27 heavy (non-hydrogen) atoms. The summed E-state index contributed by atoms with van der Waals surface area (Å²) in [6, 6.07) is 20.6. The lowest BCUT2D eigenvalue weighted by molar-refractivity contribution is 0.131.